The Morgan fingerprint density at radius 2 is 2.15 bits per heavy atom. The zero-order valence-corrected chi connectivity index (χ0v) is 8.25. The molecule has 1 aliphatic heterocycles. The van der Waals surface area contributed by atoms with E-state index in [9.17, 15) is 4.79 Å². The minimum absolute atomic E-state index is 0.227. The van der Waals surface area contributed by atoms with E-state index >= 15 is 0 Å². The molecule has 0 aromatic heterocycles. The summed E-state index contributed by atoms with van der Waals surface area (Å²) in [4.78, 5) is 13.4. The Morgan fingerprint density at radius 3 is 2.69 bits per heavy atom. The molecule has 0 aliphatic carbocycles. The van der Waals surface area contributed by atoms with Crippen molar-refractivity contribution in [3.63, 3.8) is 0 Å². The molecular formula is C11H17NO. The monoisotopic (exact) mass is 179 g/mol. The van der Waals surface area contributed by atoms with Crippen LogP contribution < -0.4 is 0 Å². The lowest BCUT2D eigenvalue weighted by atomic mass is 9.99. The van der Waals surface area contributed by atoms with Crippen molar-refractivity contribution in [3.8, 4) is 12.3 Å². The van der Waals surface area contributed by atoms with Crippen molar-refractivity contribution < 1.29 is 4.79 Å². The summed E-state index contributed by atoms with van der Waals surface area (Å²) in [6, 6.07) is 0. The zero-order valence-electron chi connectivity index (χ0n) is 8.25. The summed E-state index contributed by atoms with van der Waals surface area (Å²) >= 11 is 0. The van der Waals surface area contributed by atoms with Crippen LogP contribution in [-0.2, 0) is 4.79 Å². The number of carbonyl (C=O) groups is 1. The van der Waals surface area contributed by atoms with Gasteiger partial charge in [-0.3, -0.25) is 4.79 Å². The van der Waals surface area contributed by atoms with Gasteiger partial charge < -0.3 is 4.90 Å². The lowest BCUT2D eigenvalue weighted by molar-refractivity contribution is -0.132. The molecular weight excluding hydrogens is 162 g/mol. The van der Waals surface area contributed by atoms with Gasteiger partial charge in [0, 0.05) is 25.9 Å². The van der Waals surface area contributed by atoms with Crippen LogP contribution in [0.15, 0.2) is 0 Å². The third kappa shape index (κ3) is 3.10. The van der Waals surface area contributed by atoms with E-state index in [2.05, 4.69) is 12.8 Å². The van der Waals surface area contributed by atoms with Gasteiger partial charge in [0.25, 0.3) is 0 Å². The first-order valence-corrected chi connectivity index (χ1v) is 4.95. The molecule has 1 rings (SSSR count). The lowest BCUT2D eigenvalue weighted by Gasteiger charge is -2.30. The normalized spacial score (nSPS) is 18.3. The molecule has 2 heteroatoms. The molecule has 1 saturated heterocycles. The van der Waals surface area contributed by atoms with Gasteiger partial charge in [-0.05, 0) is 18.8 Å². The maximum absolute atomic E-state index is 11.5. The molecule has 2 nitrogen and oxygen atoms in total. The topological polar surface area (TPSA) is 20.3 Å². The first-order chi connectivity index (χ1) is 6.24. The van der Waals surface area contributed by atoms with Crippen molar-refractivity contribution in [1.82, 2.24) is 4.90 Å². The van der Waals surface area contributed by atoms with Gasteiger partial charge in [0.2, 0.25) is 5.91 Å². The number of carbonyl (C=O) groups excluding carboxylic acids is 1. The van der Waals surface area contributed by atoms with E-state index in [1.165, 1.54) is 0 Å². The molecule has 0 aromatic carbocycles. The first-order valence-electron chi connectivity index (χ1n) is 4.95. The van der Waals surface area contributed by atoms with Crippen LogP contribution in [0.3, 0.4) is 0 Å². The Balaban J connectivity index is 2.28. The van der Waals surface area contributed by atoms with Gasteiger partial charge in [0.15, 0.2) is 0 Å². The van der Waals surface area contributed by atoms with E-state index in [1.54, 1.807) is 0 Å². The lowest BCUT2D eigenvalue weighted by Crippen LogP contribution is -2.37. The highest BCUT2D eigenvalue weighted by Crippen LogP contribution is 2.16. The predicted molar refractivity (Wildman–Crippen MR) is 53.0 cm³/mol. The second-order valence-corrected chi connectivity index (χ2v) is 3.77. The number of rotatable bonds is 2. The van der Waals surface area contributed by atoms with E-state index < -0.39 is 0 Å². The summed E-state index contributed by atoms with van der Waals surface area (Å²) in [6.07, 6.45) is 8.48. The molecule has 0 saturated carbocycles. The Bertz CT molecular complexity index is 209. The minimum Gasteiger partial charge on any atom is -0.343 e. The number of piperidine rings is 1. The van der Waals surface area contributed by atoms with Crippen molar-refractivity contribution in [1.29, 1.82) is 0 Å². The maximum atomic E-state index is 11.5. The van der Waals surface area contributed by atoms with Gasteiger partial charge in [0.05, 0.1) is 0 Å². The van der Waals surface area contributed by atoms with Crippen molar-refractivity contribution in [2.75, 3.05) is 13.1 Å². The van der Waals surface area contributed by atoms with Crippen LogP contribution >= 0.6 is 0 Å². The Kier molecular flexibility index (Phi) is 3.82. The fourth-order valence-electron chi connectivity index (χ4n) is 1.60. The molecule has 0 aromatic rings. The Hall–Kier alpha value is -0.970. The van der Waals surface area contributed by atoms with Crippen LogP contribution in [0.5, 0.6) is 0 Å². The molecule has 1 aliphatic rings. The number of likely N-dealkylation sites (tertiary alicyclic amines) is 1. The quantitative estimate of drug-likeness (QED) is 0.590. The molecule has 0 atom stereocenters. The summed E-state index contributed by atoms with van der Waals surface area (Å²) < 4.78 is 0. The van der Waals surface area contributed by atoms with Gasteiger partial charge in [-0.25, -0.2) is 0 Å². The van der Waals surface area contributed by atoms with Crippen LogP contribution in [-0.4, -0.2) is 23.9 Å². The maximum Gasteiger partial charge on any atom is 0.223 e. The molecule has 1 fully saturated rings. The summed E-state index contributed by atoms with van der Waals surface area (Å²) in [5.41, 5.74) is 0. The van der Waals surface area contributed by atoms with E-state index in [-0.39, 0.29) is 5.91 Å². The van der Waals surface area contributed by atoms with Crippen LogP contribution in [0.1, 0.15) is 32.6 Å². The average molecular weight is 179 g/mol. The van der Waals surface area contributed by atoms with Crippen LogP contribution in [0.2, 0.25) is 0 Å². The van der Waals surface area contributed by atoms with Gasteiger partial charge >= 0.3 is 0 Å². The summed E-state index contributed by atoms with van der Waals surface area (Å²) in [5.74, 6) is 3.50. The second-order valence-electron chi connectivity index (χ2n) is 3.77. The van der Waals surface area contributed by atoms with Crippen molar-refractivity contribution in [2.24, 2.45) is 5.92 Å². The SMILES string of the molecule is C#CCCC(=O)N1CCC(C)CC1. The average Bonchev–Trinajstić information content (AvgIpc) is 2.15. The zero-order chi connectivity index (χ0) is 9.68. The molecule has 0 N–H and O–H groups in total. The third-order valence-corrected chi connectivity index (χ3v) is 2.62. The fourth-order valence-corrected chi connectivity index (χ4v) is 1.60. The number of terminal acetylenes is 1. The highest BCUT2D eigenvalue weighted by molar-refractivity contribution is 5.76. The Labute approximate surface area is 80.3 Å². The molecule has 0 radical (unpaired) electrons. The van der Waals surface area contributed by atoms with Crippen LogP contribution in [0, 0.1) is 18.3 Å². The molecule has 13 heavy (non-hydrogen) atoms. The van der Waals surface area contributed by atoms with Crippen molar-refractivity contribution >= 4 is 5.91 Å². The highest BCUT2D eigenvalue weighted by atomic mass is 16.2. The smallest absolute Gasteiger partial charge is 0.223 e. The van der Waals surface area contributed by atoms with Gasteiger partial charge in [-0.1, -0.05) is 6.92 Å². The van der Waals surface area contributed by atoms with Crippen molar-refractivity contribution in [2.45, 2.75) is 32.6 Å². The van der Waals surface area contributed by atoms with E-state index in [1.807, 2.05) is 4.90 Å². The predicted octanol–water partition coefficient (Wildman–Crippen LogP) is 1.66. The third-order valence-electron chi connectivity index (χ3n) is 2.62. The van der Waals surface area contributed by atoms with Crippen LogP contribution in [0.25, 0.3) is 0 Å². The Morgan fingerprint density at radius 1 is 1.54 bits per heavy atom. The summed E-state index contributed by atoms with van der Waals surface area (Å²) in [5, 5.41) is 0. The second kappa shape index (κ2) is 4.91. The summed E-state index contributed by atoms with van der Waals surface area (Å²) in [7, 11) is 0. The van der Waals surface area contributed by atoms with Gasteiger partial charge in [-0.2, -0.15) is 0 Å². The first kappa shape index (κ1) is 10.1. The van der Waals surface area contributed by atoms with Gasteiger partial charge in [-0.15, -0.1) is 12.3 Å². The molecule has 1 amide bonds. The minimum atomic E-state index is 0.227. The molecule has 1 heterocycles. The molecule has 72 valence electrons. The van der Waals surface area contributed by atoms with E-state index in [0.717, 1.165) is 31.8 Å². The van der Waals surface area contributed by atoms with E-state index in [0.29, 0.717) is 12.8 Å². The van der Waals surface area contributed by atoms with Crippen molar-refractivity contribution in [3.05, 3.63) is 0 Å². The fraction of sp³-hybridized carbons (Fsp3) is 0.727. The number of nitrogens with zero attached hydrogens (tertiary/aromatic N) is 1. The number of hydrogen-bond acceptors (Lipinski definition) is 1. The number of hydrogen-bond donors (Lipinski definition) is 0. The van der Waals surface area contributed by atoms with E-state index in [4.69, 9.17) is 6.42 Å². The molecule has 0 bridgehead atoms. The van der Waals surface area contributed by atoms with Gasteiger partial charge in [0.1, 0.15) is 0 Å². The number of amides is 1. The molecule has 0 spiro atoms. The highest BCUT2D eigenvalue weighted by Gasteiger charge is 2.19. The summed E-state index contributed by atoms with van der Waals surface area (Å²) in [6.45, 7) is 4.08. The van der Waals surface area contributed by atoms with Crippen LogP contribution in [0.4, 0.5) is 0 Å². The standard InChI is InChI=1S/C11H17NO/c1-3-4-5-11(13)12-8-6-10(2)7-9-12/h1,10H,4-9H2,2H3. The molecule has 0 unspecified atom stereocenters. The largest absolute Gasteiger partial charge is 0.343 e.